The Morgan fingerprint density at radius 1 is 1.04 bits per heavy atom. The van der Waals surface area contributed by atoms with Crippen LogP contribution in [0.2, 0.25) is 0 Å². The Labute approximate surface area is 155 Å². The molecule has 7 nitrogen and oxygen atoms in total. The van der Waals surface area contributed by atoms with Crippen LogP contribution in [0.4, 0.5) is 14.9 Å². The molecule has 8 heteroatoms. The summed E-state index contributed by atoms with van der Waals surface area (Å²) in [7, 11) is 3.26. The van der Waals surface area contributed by atoms with E-state index in [-0.39, 0.29) is 12.5 Å². The van der Waals surface area contributed by atoms with E-state index in [9.17, 15) is 18.8 Å². The van der Waals surface area contributed by atoms with Gasteiger partial charge in [0.1, 0.15) is 18.1 Å². The summed E-state index contributed by atoms with van der Waals surface area (Å²) in [6.07, 6.45) is 0. The SMILES string of the molecule is COc1ccc(N2C(=O)C(=O)N(C[NH+](C)Cc3cccc(F)c3)C2=O)cc1. The number of halogens is 1. The summed E-state index contributed by atoms with van der Waals surface area (Å²) in [5, 5.41) is 0. The Morgan fingerprint density at radius 2 is 1.74 bits per heavy atom. The van der Waals surface area contributed by atoms with Gasteiger partial charge in [-0.1, -0.05) is 12.1 Å². The van der Waals surface area contributed by atoms with Crippen LogP contribution in [0.15, 0.2) is 48.5 Å². The molecule has 1 atom stereocenters. The second kappa shape index (κ2) is 7.55. The minimum Gasteiger partial charge on any atom is -0.497 e. The number of anilines is 1. The average Bonchev–Trinajstić information content (AvgIpc) is 2.85. The fourth-order valence-electron chi connectivity index (χ4n) is 2.93. The second-order valence-corrected chi connectivity index (χ2v) is 6.28. The van der Waals surface area contributed by atoms with Crippen LogP contribution in [-0.2, 0) is 16.1 Å². The predicted molar refractivity (Wildman–Crippen MR) is 94.6 cm³/mol. The smallest absolute Gasteiger partial charge is 0.343 e. The maximum Gasteiger partial charge on any atom is 0.343 e. The van der Waals surface area contributed by atoms with E-state index in [0.29, 0.717) is 18.0 Å². The number of nitrogens with one attached hydrogen (secondary N) is 1. The van der Waals surface area contributed by atoms with Crippen LogP contribution < -0.4 is 14.5 Å². The minimum atomic E-state index is -0.899. The van der Waals surface area contributed by atoms with E-state index in [1.807, 2.05) is 0 Å². The van der Waals surface area contributed by atoms with E-state index in [1.54, 1.807) is 31.3 Å². The number of benzene rings is 2. The third kappa shape index (κ3) is 3.80. The van der Waals surface area contributed by atoms with Crippen LogP contribution in [0.3, 0.4) is 0 Å². The van der Waals surface area contributed by atoms with Crippen molar-refractivity contribution in [2.75, 3.05) is 25.7 Å². The van der Waals surface area contributed by atoms with Crippen molar-refractivity contribution in [3.05, 3.63) is 59.9 Å². The van der Waals surface area contributed by atoms with E-state index < -0.39 is 17.8 Å². The van der Waals surface area contributed by atoms with Gasteiger partial charge < -0.3 is 9.64 Å². The highest BCUT2D eigenvalue weighted by molar-refractivity contribution is 6.52. The van der Waals surface area contributed by atoms with E-state index in [4.69, 9.17) is 4.74 Å². The predicted octanol–water partition coefficient (Wildman–Crippen LogP) is 0.802. The lowest BCUT2D eigenvalue weighted by atomic mass is 10.2. The molecule has 0 aromatic heterocycles. The van der Waals surface area contributed by atoms with Crippen molar-refractivity contribution < 1.29 is 28.4 Å². The zero-order chi connectivity index (χ0) is 19.6. The Bertz CT molecular complexity index is 885. The molecule has 1 aliphatic heterocycles. The van der Waals surface area contributed by atoms with Gasteiger partial charge in [-0.25, -0.2) is 19.0 Å². The molecule has 1 N–H and O–H groups in total. The number of carbonyl (C=O) groups excluding carboxylic acids is 3. The summed E-state index contributed by atoms with van der Waals surface area (Å²) in [5.74, 6) is -1.56. The number of imide groups is 2. The third-order valence-corrected chi connectivity index (χ3v) is 4.21. The van der Waals surface area contributed by atoms with E-state index in [0.717, 1.165) is 20.3 Å². The van der Waals surface area contributed by atoms with Crippen molar-refractivity contribution in [2.45, 2.75) is 6.54 Å². The lowest BCUT2D eigenvalue weighted by Crippen LogP contribution is -3.09. The number of nitrogens with zero attached hydrogens (tertiary/aromatic N) is 2. The molecule has 0 saturated carbocycles. The molecular formula is C19H19FN3O4+. The van der Waals surface area contributed by atoms with Crippen molar-refractivity contribution in [1.82, 2.24) is 4.90 Å². The summed E-state index contributed by atoms with van der Waals surface area (Å²) >= 11 is 0. The highest BCUT2D eigenvalue weighted by atomic mass is 19.1. The maximum atomic E-state index is 13.3. The number of urea groups is 1. The van der Waals surface area contributed by atoms with Gasteiger partial charge >= 0.3 is 17.8 Å². The molecule has 1 fully saturated rings. The number of hydrogen-bond donors (Lipinski definition) is 1. The van der Waals surface area contributed by atoms with Gasteiger partial charge in [0.05, 0.1) is 19.8 Å². The first-order valence-electron chi connectivity index (χ1n) is 8.30. The summed E-state index contributed by atoms with van der Waals surface area (Å²) in [5.41, 5.74) is 1.02. The molecule has 1 aliphatic rings. The molecule has 1 saturated heterocycles. The van der Waals surface area contributed by atoms with Gasteiger partial charge in [0.2, 0.25) is 0 Å². The molecule has 2 aromatic carbocycles. The maximum absolute atomic E-state index is 13.3. The van der Waals surface area contributed by atoms with Crippen LogP contribution in [-0.4, -0.2) is 43.6 Å². The van der Waals surface area contributed by atoms with Gasteiger partial charge in [0, 0.05) is 5.56 Å². The van der Waals surface area contributed by atoms with Gasteiger partial charge in [-0.15, -0.1) is 0 Å². The van der Waals surface area contributed by atoms with E-state index in [2.05, 4.69) is 0 Å². The number of quaternary nitrogens is 1. The Balaban J connectivity index is 1.73. The van der Waals surface area contributed by atoms with Gasteiger partial charge in [0.15, 0.2) is 6.67 Å². The zero-order valence-corrected chi connectivity index (χ0v) is 14.9. The molecular weight excluding hydrogens is 353 g/mol. The van der Waals surface area contributed by atoms with Crippen molar-refractivity contribution in [2.24, 2.45) is 0 Å². The van der Waals surface area contributed by atoms with E-state index >= 15 is 0 Å². The minimum absolute atomic E-state index is 0.00737. The number of hydrogen-bond acceptors (Lipinski definition) is 4. The Hall–Kier alpha value is -3.26. The van der Waals surface area contributed by atoms with Crippen LogP contribution in [0.1, 0.15) is 5.56 Å². The summed E-state index contributed by atoms with van der Waals surface area (Å²) < 4.78 is 18.4. The molecule has 2 aromatic rings. The molecule has 0 radical (unpaired) electrons. The number of carbonyl (C=O) groups is 3. The van der Waals surface area contributed by atoms with E-state index in [1.165, 1.54) is 31.4 Å². The van der Waals surface area contributed by atoms with Crippen molar-refractivity contribution in [3.8, 4) is 5.75 Å². The first kappa shape index (κ1) is 18.5. The molecule has 0 aliphatic carbocycles. The fourth-order valence-corrected chi connectivity index (χ4v) is 2.93. The summed E-state index contributed by atoms with van der Waals surface area (Å²) in [6.45, 7) is 0.387. The molecule has 1 unspecified atom stereocenters. The number of ether oxygens (including phenoxy) is 1. The quantitative estimate of drug-likeness (QED) is 0.602. The van der Waals surface area contributed by atoms with Gasteiger partial charge in [0.25, 0.3) is 0 Å². The lowest BCUT2D eigenvalue weighted by molar-refractivity contribution is -0.901. The Morgan fingerprint density at radius 3 is 2.37 bits per heavy atom. The van der Waals surface area contributed by atoms with Gasteiger partial charge in [-0.05, 0) is 36.4 Å². The highest BCUT2D eigenvalue weighted by Crippen LogP contribution is 2.24. The molecule has 1 heterocycles. The number of rotatable bonds is 6. The second-order valence-electron chi connectivity index (χ2n) is 6.28. The monoisotopic (exact) mass is 372 g/mol. The largest absolute Gasteiger partial charge is 0.497 e. The van der Waals surface area contributed by atoms with Crippen molar-refractivity contribution in [3.63, 3.8) is 0 Å². The standard InChI is InChI=1S/C19H18FN3O4/c1-21(11-13-4-3-5-14(20)10-13)12-22-17(24)18(25)23(19(22)26)15-6-8-16(27-2)9-7-15/h3-10H,11-12H2,1-2H3/p+1. The normalized spacial score (nSPS) is 15.4. The number of methoxy groups -OCH3 is 1. The average molecular weight is 372 g/mol. The summed E-state index contributed by atoms with van der Waals surface area (Å²) in [4.78, 5) is 39.7. The Kier molecular flexibility index (Phi) is 5.18. The fraction of sp³-hybridized carbons (Fsp3) is 0.211. The third-order valence-electron chi connectivity index (χ3n) is 4.21. The first-order chi connectivity index (χ1) is 12.9. The summed E-state index contributed by atoms with van der Waals surface area (Å²) in [6, 6.07) is 11.7. The molecule has 140 valence electrons. The first-order valence-corrected chi connectivity index (χ1v) is 8.30. The molecule has 3 rings (SSSR count). The molecule has 27 heavy (non-hydrogen) atoms. The van der Waals surface area contributed by atoms with Gasteiger partial charge in [-0.2, -0.15) is 0 Å². The van der Waals surface area contributed by atoms with Crippen molar-refractivity contribution >= 4 is 23.5 Å². The van der Waals surface area contributed by atoms with Crippen LogP contribution >= 0.6 is 0 Å². The van der Waals surface area contributed by atoms with Gasteiger partial charge in [-0.3, -0.25) is 9.59 Å². The topological polar surface area (TPSA) is 71.4 Å². The molecule has 0 bridgehead atoms. The van der Waals surface area contributed by atoms with Crippen LogP contribution in [0, 0.1) is 5.82 Å². The van der Waals surface area contributed by atoms with Crippen LogP contribution in [0.5, 0.6) is 5.75 Å². The molecule has 4 amide bonds. The number of amides is 4. The van der Waals surface area contributed by atoms with Crippen LogP contribution in [0.25, 0.3) is 0 Å². The van der Waals surface area contributed by atoms with Crippen molar-refractivity contribution in [1.29, 1.82) is 0 Å². The lowest BCUT2D eigenvalue weighted by Gasteiger charge is -2.20. The zero-order valence-electron chi connectivity index (χ0n) is 14.9. The highest BCUT2D eigenvalue weighted by Gasteiger charge is 2.46. The molecule has 0 spiro atoms.